The van der Waals surface area contributed by atoms with Crippen LogP contribution in [0.5, 0.6) is 0 Å². The van der Waals surface area contributed by atoms with Crippen molar-refractivity contribution >= 4 is 5.91 Å². The molecule has 2 aromatic heterocycles. The van der Waals surface area contributed by atoms with Crippen LogP contribution in [0.3, 0.4) is 0 Å². The summed E-state index contributed by atoms with van der Waals surface area (Å²) in [5, 5.41) is 0. The second-order valence-corrected chi connectivity index (χ2v) is 7.13. The predicted molar refractivity (Wildman–Crippen MR) is 94.5 cm³/mol. The van der Waals surface area contributed by atoms with Crippen LogP contribution in [0.2, 0.25) is 0 Å². The van der Waals surface area contributed by atoms with Crippen LogP contribution in [-0.2, 0) is 16.1 Å². The number of rotatable bonds is 5. The topological polar surface area (TPSA) is 64.8 Å². The number of piperidine rings is 1. The molecular weight excluding hydrogens is 332 g/mol. The van der Waals surface area contributed by atoms with Crippen LogP contribution >= 0.6 is 0 Å². The predicted octanol–water partition coefficient (Wildman–Crippen LogP) is 2.90. The van der Waals surface area contributed by atoms with Crippen molar-refractivity contribution in [1.29, 1.82) is 0 Å². The number of hydrogen-bond donors (Lipinski definition) is 0. The van der Waals surface area contributed by atoms with E-state index in [4.69, 9.17) is 13.9 Å². The molecule has 4 rings (SSSR count). The van der Waals surface area contributed by atoms with Gasteiger partial charge in [-0.3, -0.25) is 9.78 Å². The lowest BCUT2D eigenvalue weighted by atomic mass is 9.73. The highest BCUT2D eigenvalue weighted by Gasteiger charge is 2.47. The third-order valence-electron chi connectivity index (χ3n) is 5.37. The second kappa shape index (κ2) is 7.60. The zero-order valence-electron chi connectivity index (χ0n) is 14.8. The van der Waals surface area contributed by atoms with Gasteiger partial charge < -0.3 is 18.8 Å². The Morgan fingerprint density at radius 1 is 1.35 bits per heavy atom. The molecule has 26 heavy (non-hydrogen) atoms. The van der Waals surface area contributed by atoms with Gasteiger partial charge in [0.2, 0.25) is 0 Å². The summed E-state index contributed by atoms with van der Waals surface area (Å²) in [5.74, 6) is 0.341. The molecule has 6 nitrogen and oxygen atoms in total. The minimum absolute atomic E-state index is 0.0527. The normalized spacial score (nSPS) is 25.7. The van der Waals surface area contributed by atoms with E-state index in [9.17, 15) is 4.79 Å². The lowest BCUT2D eigenvalue weighted by molar-refractivity contribution is -0.149. The van der Waals surface area contributed by atoms with Crippen molar-refractivity contribution in [3.63, 3.8) is 0 Å². The van der Waals surface area contributed by atoms with E-state index in [1.165, 1.54) is 6.26 Å². The van der Waals surface area contributed by atoms with Gasteiger partial charge in [0.05, 0.1) is 31.3 Å². The van der Waals surface area contributed by atoms with E-state index >= 15 is 0 Å². The summed E-state index contributed by atoms with van der Waals surface area (Å²) >= 11 is 0. The Kier molecular flexibility index (Phi) is 5.04. The maximum atomic E-state index is 12.7. The van der Waals surface area contributed by atoms with Gasteiger partial charge in [-0.05, 0) is 43.5 Å². The first-order chi connectivity index (χ1) is 12.8. The molecule has 0 aliphatic carbocycles. The average molecular weight is 356 g/mol. The van der Waals surface area contributed by atoms with Crippen LogP contribution in [0.4, 0.5) is 0 Å². The van der Waals surface area contributed by atoms with Crippen molar-refractivity contribution in [3.8, 4) is 0 Å². The number of aromatic nitrogens is 1. The average Bonchev–Trinajstić information content (AvgIpc) is 3.22. The summed E-state index contributed by atoms with van der Waals surface area (Å²) in [7, 11) is 0. The Balaban J connectivity index is 1.45. The quantitative estimate of drug-likeness (QED) is 0.824. The number of carbonyl (C=O) groups is 1. The summed E-state index contributed by atoms with van der Waals surface area (Å²) < 4.78 is 17.4. The van der Waals surface area contributed by atoms with Crippen LogP contribution in [0.15, 0.2) is 47.2 Å². The molecule has 138 valence electrons. The van der Waals surface area contributed by atoms with Crippen molar-refractivity contribution in [1.82, 2.24) is 9.88 Å². The van der Waals surface area contributed by atoms with E-state index in [2.05, 4.69) is 4.98 Å². The highest BCUT2D eigenvalue weighted by Crippen LogP contribution is 2.41. The minimum Gasteiger partial charge on any atom is -0.459 e. The maximum Gasteiger partial charge on any atom is 0.289 e. The van der Waals surface area contributed by atoms with Crippen molar-refractivity contribution in [2.45, 2.75) is 32.0 Å². The molecule has 0 bridgehead atoms. The summed E-state index contributed by atoms with van der Waals surface area (Å²) in [4.78, 5) is 18.9. The number of carbonyl (C=O) groups excluding carboxylic acids is 1. The Morgan fingerprint density at radius 2 is 2.31 bits per heavy atom. The van der Waals surface area contributed by atoms with Crippen molar-refractivity contribution < 1.29 is 18.7 Å². The Labute approximate surface area is 153 Å². The summed E-state index contributed by atoms with van der Waals surface area (Å²) in [5.41, 5.74) is 0.754. The van der Waals surface area contributed by atoms with Gasteiger partial charge in [-0.25, -0.2) is 0 Å². The molecule has 1 amide bonds. The van der Waals surface area contributed by atoms with Gasteiger partial charge in [0.25, 0.3) is 5.91 Å². The minimum atomic E-state index is -0.159. The molecule has 2 saturated heterocycles. The lowest BCUT2D eigenvalue weighted by Gasteiger charge is -2.50. The Bertz CT molecular complexity index is 719. The summed E-state index contributed by atoms with van der Waals surface area (Å²) in [6, 6.07) is 9.28. The highest BCUT2D eigenvalue weighted by molar-refractivity contribution is 5.91. The third-order valence-corrected chi connectivity index (χ3v) is 5.37. The Morgan fingerprint density at radius 3 is 3.12 bits per heavy atom. The number of hydrogen-bond acceptors (Lipinski definition) is 5. The number of likely N-dealkylation sites (tertiary alicyclic amines) is 1. The molecule has 2 aliphatic rings. The van der Waals surface area contributed by atoms with E-state index in [0.717, 1.165) is 31.6 Å². The molecule has 0 radical (unpaired) electrons. The number of ether oxygens (including phenoxy) is 2. The monoisotopic (exact) mass is 356 g/mol. The van der Waals surface area contributed by atoms with E-state index in [-0.39, 0.29) is 17.4 Å². The van der Waals surface area contributed by atoms with E-state index < -0.39 is 0 Å². The van der Waals surface area contributed by atoms with Crippen LogP contribution in [0, 0.1) is 5.41 Å². The van der Waals surface area contributed by atoms with Gasteiger partial charge in [-0.2, -0.15) is 0 Å². The molecule has 0 spiro atoms. The molecule has 4 heterocycles. The van der Waals surface area contributed by atoms with Crippen molar-refractivity contribution in [2.24, 2.45) is 5.41 Å². The van der Waals surface area contributed by atoms with Gasteiger partial charge in [0.15, 0.2) is 5.76 Å². The standard InChI is InChI=1S/C20H24N2O4/c23-19(17-6-3-11-25-17)22-10-7-18-20(14-22,8-4-12-26-18)15-24-13-16-5-1-2-9-21-16/h1-3,5-6,9,11,18H,4,7-8,10,12-15H2/t18-,20+/m0/s1. The molecule has 0 unspecified atom stereocenters. The third kappa shape index (κ3) is 3.52. The SMILES string of the molecule is O=C(c1ccco1)N1CC[C@@H]2OCCC[C@]2(COCc2ccccn2)C1. The lowest BCUT2D eigenvalue weighted by Crippen LogP contribution is -2.58. The van der Waals surface area contributed by atoms with Crippen LogP contribution in [0.25, 0.3) is 0 Å². The van der Waals surface area contributed by atoms with Gasteiger partial charge >= 0.3 is 0 Å². The number of nitrogens with zero attached hydrogens (tertiary/aromatic N) is 2. The molecule has 0 aromatic carbocycles. The zero-order chi connectivity index (χ0) is 17.8. The molecular formula is C20H24N2O4. The number of pyridine rings is 1. The second-order valence-electron chi connectivity index (χ2n) is 7.13. The molecule has 2 atom stereocenters. The molecule has 2 aliphatic heterocycles. The van der Waals surface area contributed by atoms with E-state index in [0.29, 0.717) is 32.1 Å². The van der Waals surface area contributed by atoms with Crippen LogP contribution < -0.4 is 0 Å². The van der Waals surface area contributed by atoms with Crippen LogP contribution in [-0.4, -0.2) is 48.2 Å². The molecule has 2 fully saturated rings. The van der Waals surface area contributed by atoms with Crippen LogP contribution in [0.1, 0.15) is 35.5 Å². The number of fused-ring (bicyclic) bond motifs is 1. The number of furan rings is 1. The first-order valence-corrected chi connectivity index (χ1v) is 9.19. The van der Waals surface area contributed by atoms with E-state index in [1.807, 2.05) is 23.1 Å². The van der Waals surface area contributed by atoms with Gasteiger partial charge in [0.1, 0.15) is 0 Å². The molecule has 2 aromatic rings. The molecule has 0 N–H and O–H groups in total. The number of amides is 1. The highest BCUT2D eigenvalue weighted by atomic mass is 16.5. The van der Waals surface area contributed by atoms with E-state index in [1.54, 1.807) is 18.3 Å². The summed E-state index contributed by atoms with van der Waals surface area (Å²) in [6.07, 6.45) is 6.28. The van der Waals surface area contributed by atoms with Gasteiger partial charge in [-0.1, -0.05) is 6.07 Å². The first kappa shape index (κ1) is 17.2. The van der Waals surface area contributed by atoms with Crippen molar-refractivity contribution in [3.05, 3.63) is 54.2 Å². The Hall–Kier alpha value is -2.18. The smallest absolute Gasteiger partial charge is 0.289 e. The van der Waals surface area contributed by atoms with Gasteiger partial charge in [0, 0.05) is 31.3 Å². The van der Waals surface area contributed by atoms with Gasteiger partial charge in [-0.15, -0.1) is 0 Å². The fraction of sp³-hybridized carbons (Fsp3) is 0.500. The molecule has 0 saturated carbocycles. The first-order valence-electron chi connectivity index (χ1n) is 9.19. The summed E-state index contributed by atoms with van der Waals surface area (Å²) in [6.45, 7) is 3.15. The maximum absolute atomic E-state index is 12.7. The largest absolute Gasteiger partial charge is 0.459 e. The fourth-order valence-electron chi connectivity index (χ4n) is 4.07. The fourth-order valence-corrected chi connectivity index (χ4v) is 4.07. The van der Waals surface area contributed by atoms with Crippen molar-refractivity contribution in [2.75, 3.05) is 26.3 Å². The zero-order valence-corrected chi connectivity index (χ0v) is 14.8. The molecule has 6 heteroatoms.